The van der Waals surface area contributed by atoms with E-state index in [2.05, 4.69) is 358 Å². The lowest BCUT2D eigenvalue weighted by Crippen LogP contribution is -2.28. The maximum absolute atomic E-state index is 5.71. The topological polar surface area (TPSA) is 103 Å². The van der Waals surface area contributed by atoms with E-state index in [0.717, 1.165) is 125 Å². The van der Waals surface area contributed by atoms with Gasteiger partial charge in [-0.3, -0.25) is 9.97 Å². The highest BCUT2D eigenvalue weighted by atomic mass is 32.1. The van der Waals surface area contributed by atoms with Gasteiger partial charge in [0.25, 0.3) is 0 Å². The number of nitrogens with zero attached hydrogens (tertiary/aromatic N) is 8. The summed E-state index contributed by atoms with van der Waals surface area (Å²) in [5.74, 6) is 3.35. The molecule has 0 unspecified atom stereocenters. The maximum atomic E-state index is 5.71. The summed E-state index contributed by atoms with van der Waals surface area (Å²) in [7, 11) is 0. The van der Waals surface area contributed by atoms with E-state index in [1.54, 1.807) is 22.7 Å². The summed E-state index contributed by atoms with van der Waals surface area (Å²) in [5, 5.41) is 2.17. The number of rotatable bonds is 15. The van der Waals surface area contributed by atoms with Crippen molar-refractivity contribution in [1.29, 1.82) is 0 Å². The summed E-state index contributed by atoms with van der Waals surface area (Å²) >= 11 is 3.52. The van der Waals surface area contributed by atoms with Crippen molar-refractivity contribution in [3.05, 3.63) is 469 Å². The van der Waals surface area contributed by atoms with Gasteiger partial charge in [0.2, 0.25) is 0 Å². The SMILES string of the molecule is c1ccc(-c2nc(-c3cccc(-c4cccc5c4sc4c(-c6ccc(-c7cccc8c7-c7ccccc7C8(c7ccccc7)c7ccccc7)cc6-c6nc(-c7ccccc7)nc(-c7ccccc7)n6)ccnc45)c3)nc(-c3cc(-c4ccc5c(c4)C(c4ccccc4)(c4ccccc4)c4ccccc4-5)ccc3-c3ccnc4c3sc3ccccc34)n2)cc1. The molecule has 8 nitrogen and oxygen atoms in total. The summed E-state index contributed by atoms with van der Waals surface area (Å²) in [4.78, 5) is 43.5. The molecule has 6 aromatic heterocycles. The molecule has 0 radical (unpaired) electrons. The normalized spacial score (nSPS) is 12.8. The van der Waals surface area contributed by atoms with Gasteiger partial charge in [-0.15, -0.1) is 22.7 Å². The van der Waals surface area contributed by atoms with Crippen LogP contribution in [0.1, 0.15) is 44.5 Å². The summed E-state index contributed by atoms with van der Waals surface area (Å²) < 4.78 is 4.39. The van der Waals surface area contributed by atoms with Gasteiger partial charge in [-0.1, -0.05) is 370 Å². The van der Waals surface area contributed by atoms with E-state index in [9.17, 15) is 0 Å². The van der Waals surface area contributed by atoms with Crippen molar-refractivity contribution in [3.63, 3.8) is 0 Å². The van der Waals surface area contributed by atoms with Crippen LogP contribution in [-0.2, 0) is 10.8 Å². The number of hydrogen-bond donors (Lipinski definition) is 0. The molecular weight excluding hydrogens is 1550 g/mol. The van der Waals surface area contributed by atoms with Gasteiger partial charge in [-0.2, -0.15) is 0 Å². The Hall–Kier alpha value is -15.7. The van der Waals surface area contributed by atoms with Gasteiger partial charge in [0.1, 0.15) is 0 Å². The van der Waals surface area contributed by atoms with E-state index >= 15 is 0 Å². The number of benzene rings is 16. The Balaban J connectivity index is 0.676. The van der Waals surface area contributed by atoms with Crippen LogP contribution in [0.5, 0.6) is 0 Å². The minimum Gasteiger partial charge on any atom is -0.255 e. The molecule has 2 aliphatic rings. The van der Waals surface area contributed by atoms with Gasteiger partial charge in [-0.05, 0) is 154 Å². The van der Waals surface area contributed by atoms with Gasteiger partial charge in [0.05, 0.1) is 31.3 Å². The average molecular weight is 1620 g/mol. The standard InChI is InChI=1S/C114H70N8S2/c1-8-31-71(32-9-1)107-117-108(72-33-10-2-11-34-72)120-112(119-107)95-69-77(83-50-30-55-98-101(83)91-48-23-26-54-97(91)113(98,79-39-14-4-15-40-79)80-41-16-5-17-42-80)59-61-86(95)90-64-66-116-103-93-52-29-51-84(104(93)124-106(90)103)76-37-28-38-78(67-76)110-118-109(73-35-12-3-13-36-73)121-111(122-110)94-68-74(57-60-85(94)89-63-65-115-102-92-49-24-27-56-100(92)123-105(89)102)75-58-62-88-87-47-22-25-53-96(87)114(99(88)70-75,81-43-18-6-19-44-81)82-45-20-7-21-46-82/h1-70H. The Morgan fingerprint density at radius 3 is 1.12 bits per heavy atom. The quantitative estimate of drug-likeness (QED) is 0.1000. The van der Waals surface area contributed by atoms with E-state index < -0.39 is 10.8 Å². The molecule has 0 spiro atoms. The fourth-order valence-corrected chi connectivity index (χ4v) is 22.2. The third-order valence-electron chi connectivity index (χ3n) is 25.1. The Kier molecular flexibility index (Phi) is 17.3. The molecule has 0 amide bonds. The van der Waals surface area contributed by atoms with Crippen LogP contribution in [0.2, 0.25) is 0 Å². The summed E-state index contributed by atoms with van der Waals surface area (Å²) in [6, 6.07) is 149. The predicted octanol–water partition coefficient (Wildman–Crippen LogP) is 28.6. The van der Waals surface area contributed by atoms with Crippen LogP contribution in [0.15, 0.2) is 425 Å². The molecule has 0 saturated heterocycles. The zero-order valence-corrected chi connectivity index (χ0v) is 68.4. The third-order valence-corrected chi connectivity index (χ3v) is 27.6. The first-order valence-corrected chi connectivity index (χ1v) is 43.5. The second-order valence-electron chi connectivity index (χ2n) is 31.8. The summed E-state index contributed by atoms with van der Waals surface area (Å²) in [6.07, 6.45) is 3.90. The molecule has 24 rings (SSSR count). The Morgan fingerprint density at radius 2 is 0.548 bits per heavy atom. The zero-order chi connectivity index (χ0) is 81.8. The van der Waals surface area contributed by atoms with Gasteiger partial charge < -0.3 is 0 Å². The lowest BCUT2D eigenvalue weighted by Gasteiger charge is -2.34. The van der Waals surface area contributed by atoms with E-state index in [1.807, 2.05) is 67.0 Å². The molecule has 0 bridgehead atoms. The number of pyridine rings is 2. The zero-order valence-electron chi connectivity index (χ0n) is 66.8. The van der Waals surface area contributed by atoms with Gasteiger partial charge in [-0.25, -0.2) is 29.9 Å². The Morgan fingerprint density at radius 1 is 0.185 bits per heavy atom. The first kappa shape index (κ1) is 72.3. The average Bonchev–Trinajstić information content (AvgIpc) is 1.53. The van der Waals surface area contributed by atoms with Crippen LogP contribution in [0, 0.1) is 0 Å². The van der Waals surface area contributed by atoms with Crippen molar-refractivity contribution in [2.75, 3.05) is 0 Å². The highest BCUT2D eigenvalue weighted by Gasteiger charge is 2.48. The number of fused-ring (bicyclic) bond motifs is 12. The number of hydrogen-bond acceptors (Lipinski definition) is 10. The van der Waals surface area contributed by atoms with Crippen molar-refractivity contribution >= 4 is 63.3 Å². The van der Waals surface area contributed by atoms with Crippen LogP contribution in [-0.4, -0.2) is 39.9 Å². The van der Waals surface area contributed by atoms with Crippen molar-refractivity contribution in [3.8, 4) is 146 Å². The van der Waals surface area contributed by atoms with E-state index in [-0.39, 0.29) is 0 Å². The Labute approximate surface area is 724 Å². The second-order valence-corrected chi connectivity index (χ2v) is 33.9. The summed E-state index contributed by atoms with van der Waals surface area (Å²) in [6.45, 7) is 0. The largest absolute Gasteiger partial charge is 0.255 e. The van der Waals surface area contributed by atoms with Crippen molar-refractivity contribution < 1.29 is 0 Å². The first-order valence-electron chi connectivity index (χ1n) is 41.8. The van der Waals surface area contributed by atoms with E-state index in [1.165, 1.54) is 71.5 Å². The van der Waals surface area contributed by atoms with Crippen molar-refractivity contribution in [2.24, 2.45) is 0 Å². The minimum atomic E-state index is -0.598. The molecule has 16 aromatic carbocycles. The lowest BCUT2D eigenvalue weighted by molar-refractivity contribution is 0.768. The molecule has 0 atom stereocenters. The van der Waals surface area contributed by atoms with E-state index in [0.29, 0.717) is 34.9 Å². The van der Waals surface area contributed by atoms with Gasteiger partial charge in [0, 0.05) is 77.1 Å². The van der Waals surface area contributed by atoms with Crippen LogP contribution in [0.3, 0.4) is 0 Å². The van der Waals surface area contributed by atoms with Crippen LogP contribution < -0.4 is 0 Å². The fourth-order valence-electron chi connectivity index (χ4n) is 19.7. The minimum absolute atomic E-state index is 0.540. The maximum Gasteiger partial charge on any atom is 0.164 e. The monoisotopic (exact) mass is 1610 g/mol. The number of aromatic nitrogens is 8. The molecule has 578 valence electrons. The Bertz CT molecular complexity index is 7840. The third kappa shape index (κ3) is 11.6. The molecule has 2 aliphatic carbocycles. The van der Waals surface area contributed by atoms with E-state index in [4.69, 9.17) is 39.9 Å². The predicted molar refractivity (Wildman–Crippen MR) is 509 cm³/mol. The smallest absolute Gasteiger partial charge is 0.164 e. The van der Waals surface area contributed by atoms with Gasteiger partial charge >= 0.3 is 0 Å². The molecular formula is C114H70N8S2. The van der Waals surface area contributed by atoms with Gasteiger partial charge in [0.15, 0.2) is 34.9 Å². The molecule has 0 fully saturated rings. The summed E-state index contributed by atoms with van der Waals surface area (Å²) in [5.41, 5.74) is 30.8. The first-order chi connectivity index (χ1) is 61.5. The van der Waals surface area contributed by atoms with Crippen molar-refractivity contribution in [1.82, 2.24) is 39.9 Å². The van der Waals surface area contributed by atoms with Crippen molar-refractivity contribution in [2.45, 2.75) is 10.8 Å². The molecule has 0 aliphatic heterocycles. The highest BCUT2D eigenvalue weighted by Crippen LogP contribution is 2.61. The molecule has 10 heteroatoms. The molecule has 22 aromatic rings. The molecule has 124 heavy (non-hydrogen) atoms. The van der Waals surface area contributed by atoms with Crippen LogP contribution in [0.4, 0.5) is 0 Å². The van der Waals surface area contributed by atoms with Crippen LogP contribution in [0.25, 0.3) is 187 Å². The number of thiophene rings is 2. The van der Waals surface area contributed by atoms with Crippen LogP contribution >= 0.6 is 22.7 Å². The highest BCUT2D eigenvalue weighted by molar-refractivity contribution is 7.27. The fraction of sp³-hybridized carbons (Fsp3) is 0.0175. The molecule has 6 heterocycles. The lowest BCUT2D eigenvalue weighted by atomic mass is 9.67. The molecule has 0 N–H and O–H groups in total. The molecule has 0 saturated carbocycles. The second kappa shape index (κ2) is 29.6.